The number of rotatable bonds is 6. The van der Waals surface area contributed by atoms with Crippen LogP contribution in [0, 0.1) is 6.92 Å². The molecule has 5 heteroatoms. The fourth-order valence-electron chi connectivity index (χ4n) is 2.33. The maximum Gasteiger partial charge on any atom is 0.241 e. The van der Waals surface area contributed by atoms with Gasteiger partial charge in [-0.3, -0.25) is 0 Å². The van der Waals surface area contributed by atoms with Crippen LogP contribution in [0.3, 0.4) is 0 Å². The predicted molar refractivity (Wildman–Crippen MR) is 93.4 cm³/mol. The van der Waals surface area contributed by atoms with Crippen LogP contribution in [-0.2, 0) is 16.4 Å². The number of aryl methyl sites for hydroxylation is 2. The molecule has 0 saturated heterocycles. The van der Waals surface area contributed by atoms with E-state index in [0.29, 0.717) is 4.90 Å². The molecule has 0 amide bonds. The van der Waals surface area contributed by atoms with Gasteiger partial charge in [0.2, 0.25) is 10.0 Å². The average Bonchev–Trinajstić information content (AvgIpc) is 2.45. The van der Waals surface area contributed by atoms with Gasteiger partial charge in [-0.1, -0.05) is 46.3 Å². The van der Waals surface area contributed by atoms with Crippen LogP contribution < -0.4 is 4.72 Å². The first-order valence-corrected chi connectivity index (χ1v) is 9.48. The van der Waals surface area contributed by atoms with E-state index in [0.717, 1.165) is 22.9 Å². The van der Waals surface area contributed by atoms with E-state index in [4.69, 9.17) is 0 Å². The molecule has 2 aromatic rings. The van der Waals surface area contributed by atoms with Crippen molar-refractivity contribution >= 4 is 26.0 Å². The molecule has 0 heterocycles. The summed E-state index contributed by atoms with van der Waals surface area (Å²) in [5.74, 6) is 0. The Labute approximate surface area is 140 Å². The quantitative estimate of drug-likeness (QED) is 0.819. The monoisotopic (exact) mass is 381 g/mol. The molecule has 0 fully saturated rings. The van der Waals surface area contributed by atoms with Crippen LogP contribution in [0.15, 0.2) is 57.9 Å². The molecule has 1 unspecified atom stereocenters. The van der Waals surface area contributed by atoms with E-state index in [2.05, 4.69) is 32.8 Å². The van der Waals surface area contributed by atoms with Crippen molar-refractivity contribution < 1.29 is 8.42 Å². The summed E-state index contributed by atoms with van der Waals surface area (Å²) in [5.41, 5.74) is 1.95. The predicted octanol–water partition coefficient (Wildman–Crippen LogP) is 4.06. The minimum atomic E-state index is -3.48. The highest BCUT2D eigenvalue weighted by molar-refractivity contribution is 9.10. The smallest absolute Gasteiger partial charge is 0.208 e. The van der Waals surface area contributed by atoms with E-state index in [1.807, 2.05) is 31.2 Å². The molecule has 22 heavy (non-hydrogen) atoms. The topological polar surface area (TPSA) is 46.2 Å². The van der Waals surface area contributed by atoms with E-state index in [-0.39, 0.29) is 6.04 Å². The Hall–Kier alpha value is -1.17. The van der Waals surface area contributed by atoms with Gasteiger partial charge in [-0.25, -0.2) is 13.1 Å². The Kier molecular flexibility index (Phi) is 5.78. The van der Waals surface area contributed by atoms with Gasteiger partial charge in [0.05, 0.1) is 4.90 Å². The minimum Gasteiger partial charge on any atom is -0.208 e. The standard InChI is InChI=1S/C17H20BrNO2S/c1-13-12-16(18)10-11-17(13)22(20,21)19-14(2)8-9-15-6-4-3-5-7-15/h3-7,10-12,14,19H,8-9H2,1-2H3. The summed E-state index contributed by atoms with van der Waals surface area (Å²) >= 11 is 3.35. The summed E-state index contributed by atoms with van der Waals surface area (Å²) in [5, 5.41) is 0. The largest absolute Gasteiger partial charge is 0.241 e. The Morgan fingerprint density at radius 3 is 2.45 bits per heavy atom. The molecule has 0 aliphatic rings. The molecule has 0 aromatic heterocycles. The highest BCUT2D eigenvalue weighted by Gasteiger charge is 2.19. The zero-order valence-electron chi connectivity index (χ0n) is 12.7. The lowest BCUT2D eigenvalue weighted by atomic mass is 10.1. The van der Waals surface area contributed by atoms with Gasteiger partial charge in [-0.05, 0) is 56.0 Å². The maximum atomic E-state index is 12.5. The molecule has 3 nitrogen and oxygen atoms in total. The van der Waals surface area contributed by atoms with Crippen molar-refractivity contribution in [2.45, 2.75) is 37.6 Å². The highest BCUT2D eigenvalue weighted by Crippen LogP contribution is 2.20. The Balaban J connectivity index is 2.02. The molecule has 0 radical (unpaired) electrons. The molecule has 2 aromatic carbocycles. The molecule has 0 aliphatic carbocycles. The van der Waals surface area contributed by atoms with Crippen LogP contribution in [0.1, 0.15) is 24.5 Å². The third kappa shape index (κ3) is 4.66. The van der Waals surface area contributed by atoms with Crippen molar-refractivity contribution in [1.29, 1.82) is 0 Å². The Morgan fingerprint density at radius 2 is 1.82 bits per heavy atom. The number of halogens is 1. The van der Waals surface area contributed by atoms with Gasteiger partial charge in [0.15, 0.2) is 0 Å². The zero-order chi connectivity index (χ0) is 16.2. The lowest BCUT2D eigenvalue weighted by Gasteiger charge is -2.15. The summed E-state index contributed by atoms with van der Waals surface area (Å²) in [6.07, 6.45) is 1.61. The highest BCUT2D eigenvalue weighted by atomic mass is 79.9. The second-order valence-corrected chi connectivity index (χ2v) is 8.05. The van der Waals surface area contributed by atoms with Crippen LogP contribution >= 0.6 is 15.9 Å². The number of benzene rings is 2. The van der Waals surface area contributed by atoms with Crippen LogP contribution in [0.4, 0.5) is 0 Å². The normalized spacial score (nSPS) is 13.0. The fourth-order valence-corrected chi connectivity index (χ4v) is 4.31. The van der Waals surface area contributed by atoms with Gasteiger partial charge in [-0.2, -0.15) is 0 Å². The van der Waals surface area contributed by atoms with Crippen LogP contribution in [0.2, 0.25) is 0 Å². The first-order valence-electron chi connectivity index (χ1n) is 7.21. The van der Waals surface area contributed by atoms with Gasteiger partial charge in [0.1, 0.15) is 0 Å². The van der Waals surface area contributed by atoms with Crippen LogP contribution in [-0.4, -0.2) is 14.5 Å². The minimum absolute atomic E-state index is 0.117. The number of sulfonamides is 1. The third-order valence-electron chi connectivity index (χ3n) is 3.49. The molecule has 0 saturated carbocycles. The first kappa shape index (κ1) is 17.2. The second kappa shape index (κ2) is 7.40. The number of hydrogen-bond donors (Lipinski definition) is 1. The number of hydrogen-bond acceptors (Lipinski definition) is 2. The summed E-state index contributed by atoms with van der Waals surface area (Å²) in [4.78, 5) is 0.335. The third-order valence-corrected chi connectivity index (χ3v) is 5.73. The van der Waals surface area contributed by atoms with E-state index in [1.54, 1.807) is 19.1 Å². The molecule has 0 spiro atoms. The van der Waals surface area contributed by atoms with Crippen LogP contribution in [0.25, 0.3) is 0 Å². The summed E-state index contributed by atoms with van der Waals surface area (Å²) in [7, 11) is -3.48. The van der Waals surface area contributed by atoms with Crippen molar-refractivity contribution in [3.05, 3.63) is 64.1 Å². The summed E-state index contributed by atoms with van der Waals surface area (Å²) in [6, 6.07) is 15.1. The van der Waals surface area contributed by atoms with Gasteiger partial charge >= 0.3 is 0 Å². The van der Waals surface area contributed by atoms with Crippen molar-refractivity contribution in [2.75, 3.05) is 0 Å². The SMILES string of the molecule is Cc1cc(Br)ccc1S(=O)(=O)NC(C)CCc1ccccc1. The van der Waals surface area contributed by atoms with Crippen molar-refractivity contribution in [3.8, 4) is 0 Å². The van der Waals surface area contributed by atoms with Gasteiger partial charge in [0.25, 0.3) is 0 Å². The molecule has 2 rings (SSSR count). The first-order chi connectivity index (χ1) is 10.4. The Bertz CT molecular complexity index is 730. The summed E-state index contributed by atoms with van der Waals surface area (Å²) < 4.78 is 28.6. The van der Waals surface area contributed by atoms with Gasteiger partial charge < -0.3 is 0 Å². The van der Waals surface area contributed by atoms with E-state index in [9.17, 15) is 8.42 Å². The lowest BCUT2D eigenvalue weighted by Crippen LogP contribution is -2.33. The van der Waals surface area contributed by atoms with E-state index >= 15 is 0 Å². The van der Waals surface area contributed by atoms with Crippen molar-refractivity contribution in [1.82, 2.24) is 4.72 Å². The van der Waals surface area contributed by atoms with Gasteiger partial charge in [-0.15, -0.1) is 0 Å². The molecule has 0 bridgehead atoms. The molecule has 1 atom stereocenters. The van der Waals surface area contributed by atoms with Crippen molar-refractivity contribution in [3.63, 3.8) is 0 Å². The lowest BCUT2D eigenvalue weighted by molar-refractivity contribution is 0.546. The molecule has 118 valence electrons. The maximum absolute atomic E-state index is 12.5. The van der Waals surface area contributed by atoms with Crippen molar-refractivity contribution in [2.24, 2.45) is 0 Å². The Morgan fingerprint density at radius 1 is 1.14 bits per heavy atom. The molecular weight excluding hydrogens is 362 g/mol. The molecule has 1 N–H and O–H groups in total. The molecule has 0 aliphatic heterocycles. The summed E-state index contributed by atoms with van der Waals surface area (Å²) in [6.45, 7) is 3.70. The fraction of sp³-hybridized carbons (Fsp3) is 0.294. The second-order valence-electron chi connectivity index (χ2n) is 5.46. The zero-order valence-corrected chi connectivity index (χ0v) is 15.1. The number of nitrogens with one attached hydrogen (secondary N) is 1. The average molecular weight is 382 g/mol. The van der Waals surface area contributed by atoms with Crippen LogP contribution in [0.5, 0.6) is 0 Å². The van der Waals surface area contributed by atoms with Gasteiger partial charge in [0, 0.05) is 10.5 Å². The molecular formula is C17H20BrNO2S. The van der Waals surface area contributed by atoms with E-state index < -0.39 is 10.0 Å². The van der Waals surface area contributed by atoms with E-state index in [1.165, 1.54) is 5.56 Å².